The Labute approximate surface area is 110 Å². The summed E-state index contributed by atoms with van der Waals surface area (Å²) in [5.41, 5.74) is 1.54. The number of para-hydroxylation sites is 1. The Balaban J connectivity index is 2.12. The summed E-state index contributed by atoms with van der Waals surface area (Å²) in [5.74, 6) is -0.845. The van der Waals surface area contributed by atoms with Crippen LogP contribution >= 0.6 is 0 Å². The van der Waals surface area contributed by atoms with Gasteiger partial charge in [-0.05, 0) is 24.3 Å². The summed E-state index contributed by atoms with van der Waals surface area (Å²) >= 11 is 0. The first-order valence-electron chi connectivity index (χ1n) is 5.82. The Morgan fingerprint density at radius 1 is 1.21 bits per heavy atom. The van der Waals surface area contributed by atoms with E-state index in [0.717, 1.165) is 10.9 Å². The Morgan fingerprint density at radius 2 is 2.00 bits per heavy atom. The SMILES string of the molecule is COC(=O)CC(=O)C=Cc1ccc2ccccc2n1. The average molecular weight is 255 g/mol. The predicted octanol–water partition coefficient (Wildman–Crippen LogP) is 2.38. The van der Waals surface area contributed by atoms with Crippen molar-refractivity contribution in [2.45, 2.75) is 6.42 Å². The molecule has 0 N–H and O–H groups in total. The molecule has 19 heavy (non-hydrogen) atoms. The Kier molecular flexibility index (Phi) is 4.03. The molecule has 1 aromatic carbocycles. The highest BCUT2D eigenvalue weighted by molar-refractivity contribution is 6.03. The van der Waals surface area contributed by atoms with Gasteiger partial charge in [0.1, 0.15) is 6.42 Å². The van der Waals surface area contributed by atoms with Crippen LogP contribution in [0.15, 0.2) is 42.5 Å². The van der Waals surface area contributed by atoms with Crippen molar-refractivity contribution in [3.05, 3.63) is 48.2 Å². The lowest BCUT2D eigenvalue weighted by atomic mass is 10.2. The number of methoxy groups -OCH3 is 1. The van der Waals surface area contributed by atoms with Crippen molar-refractivity contribution in [3.63, 3.8) is 0 Å². The monoisotopic (exact) mass is 255 g/mol. The minimum atomic E-state index is -0.541. The van der Waals surface area contributed by atoms with Crippen molar-refractivity contribution < 1.29 is 14.3 Å². The van der Waals surface area contributed by atoms with Gasteiger partial charge in [-0.25, -0.2) is 4.98 Å². The number of esters is 1. The van der Waals surface area contributed by atoms with Gasteiger partial charge >= 0.3 is 5.97 Å². The van der Waals surface area contributed by atoms with Crippen LogP contribution in [0.25, 0.3) is 17.0 Å². The zero-order valence-electron chi connectivity index (χ0n) is 10.5. The maximum atomic E-state index is 11.4. The number of allylic oxidation sites excluding steroid dienone is 1. The van der Waals surface area contributed by atoms with E-state index in [2.05, 4.69) is 9.72 Å². The van der Waals surface area contributed by atoms with E-state index >= 15 is 0 Å². The number of hydrogen-bond acceptors (Lipinski definition) is 4. The first-order valence-corrected chi connectivity index (χ1v) is 5.82. The molecular formula is C15H13NO3. The molecule has 0 spiro atoms. The predicted molar refractivity (Wildman–Crippen MR) is 72.4 cm³/mol. The fourth-order valence-electron chi connectivity index (χ4n) is 1.63. The fourth-order valence-corrected chi connectivity index (χ4v) is 1.63. The lowest BCUT2D eigenvalue weighted by Gasteiger charge is -1.98. The van der Waals surface area contributed by atoms with Crippen LogP contribution in [0.1, 0.15) is 12.1 Å². The van der Waals surface area contributed by atoms with Gasteiger partial charge in [0.15, 0.2) is 5.78 Å². The molecule has 96 valence electrons. The summed E-state index contributed by atoms with van der Waals surface area (Å²) in [6.07, 6.45) is 2.69. The van der Waals surface area contributed by atoms with Crippen LogP contribution in [0.2, 0.25) is 0 Å². The van der Waals surface area contributed by atoms with Crippen LogP contribution in [-0.2, 0) is 14.3 Å². The van der Waals surface area contributed by atoms with Crippen molar-refractivity contribution in [3.8, 4) is 0 Å². The normalized spacial score (nSPS) is 10.8. The van der Waals surface area contributed by atoms with Crippen LogP contribution in [-0.4, -0.2) is 23.8 Å². The molecule has 0 fully saturated rings. The van der Waals surface area contributed by atoms with E-state index in [1.807, 2.05) is 36.4 Å². The summed E-state index contributed by atoms with van der Waals surface area (Å²) in [5, 5.41) is 1.04. The van der Waals surface area contributed by atoms with Crippen LogP contribution < -0.4 is 0 Å². The van der Waals surface area contributed by atoms with Gasteiger partial charge in [-0.15, -0.1) is 0 Å². The third-order valence-corrected chi connectivity index (χ3v) is 2.61. The highest BCUT2D eigenvalue weighted by atomic mass is 16.5. The lowest BCUT2D eigenvalue weighted by molar-refractivity contribution is -0.142. The number of carbonyl (C=O) groups is 2. The van der Waals surface area contributed by atoms with Crippen molar-refractivity contribution in [1.29, 1.82) is 0 Å². The highest BCUT2D eigenvalue weighted by Gasteiger charge is 2.05. The molecule has 0 aliphatic carbocycles. The number of ketones is 1. The molecule has 0 aliphatic rings. The number of pyridine rings is 1. The van der Waals surface area contributed by atoms with E-state index in [4.69, 9.17) is 0 Å². The topological polar surface area (TPSA) is 56.3 Å². The Hall–Kier alpha value is -2.49. The largest absolute Gasteiger partial charge is 0.469 e. The molecule has 0 saturated carbocycles. The number of hydrogen-bond donors (Lipinski definition) is 0. The van der Waals surface area contributed by atoms with E-state index in [1.54, 1.807) is 6.08 Å². The fraction of sp³-hybridized carbons (Fsp3) is 0.133. The number of fused-ring (bicyclic) bond motifs is 1. The molecule has 0 atom stereocenters. The second-order valence-electron chi connectivity index (χ2n) is 3.98. The summed E-state index contributed by atoms with van der Waals surface area (Å²) in [7, 11) is 1.25. The molecule has 0 bridgehead atoms. The van der Waals surface area contributed by atoms with Crippen LogP contribution in [0.5, 0.6) is 0 Å². The summed E-state index contributed by atoms with van der Waals surface area (Å²) in [6, 6.07) is 11.5. The maximum absolute atomic E-state index is 11.4. The zero-order valence-corrected chi connectivity index (χ0v) is 10.5. The van der Waals surface area contributed by atoms with Crippen molar-refractivity contribution in [1.82, 2.24) is 4.98 Å². The number of nitrogens with zero attached hydrogens (tertiary/aromatic N) is 1. The Morgan fingerprint density at radius 3 is 2.79 bits per heavy atom. The van der Waals surface area contributed by atoms with Gasteiger partial charge < -0.3 is 4.74 Å². The van der Waals surface area contributed by atoms with E-state index in [-0.39, 0.29) is 12.2 Å². The lowest BCUT2D eigenvalue weighted by Crippen LogP contribution is -2.06. The average Bonchev–Trinajstić information content (AvgIpc) is 2.44. The van der Waals surface area contributed by atoms with Crippen LogP contribution in [0, 0.1) is 0 Å². The zero-order chi connectivity index (χ0) is 13.7. The third kappa shape index (κ3) is 3.48. The molecule has 0 radical (unpaired) electrons. The second kappa shape index (κ2) is 5.91. The van der Waals surface area contributed by atoms with Gasteiger partial charge in [0.2, 0.25) is 0 Å². The maximum Gasteiger partial charge on any atom is 0.313 e. The van der Waals surface area contributed by atoms with Crippen LogP contribution in [0.4, 0.5) is 0 Å². The smallest absolute Gasteiger partial charge is 0.313 e. The second-order valence-corrected chi connectivity index (χ2v) is 3.98. The van der Waals surface area contributed by atoms with Crippen molar-refractivity contribution >= 4 is 28.7 Å². The van der Waals surface area contributed by atoms with Gasteiger partial charge in [-0.1, -0.05) is 24.3 Å². The molecule has 0 unspecified atom stereocenters. The molecule has 0 amide bonds. The van der Waals surface area contributed by atoms with Gasteiger partial charge in [-0.3, -0.25) is 9.59 Å². The van der Waals surface area contributed by atoms with Crippen LogP contribution in [0.3, 0.4) is 0 Å². The standard InChI is InChI=1S/C15H13NO3/c1-19-15(18)10-13(17)9-8-12-7-6-11-4-2-3-5-14(11)16-12/h2-9H,10H2,1H3. The van der Waals surface area contributed by atoms with Crippen molar-refractivity contribution in [2.75, 3.05) is 7.11 Å². The molecule has 4 nitrogen and oxygen atoms in total. The summed E-state index contributed by atoms with van der Waals surface area (Å²) in [4.78, 5) is 26.7. The molecule has 1 heterocycles. The number of rotatable bonds is 4. The molecule has 4 heteroatoms. The van der Waals surface area contributed by atoms with E-state index in [0.29, 0.717) is 5.69 Å². The van der Waals surface area contributed by atoms with Gasteiger partial charge in [-0.2, -0.15) is 0 Å². The third-order valence-electron chi connectivity index (χ3n) is 2.61. The van der Waals surface area contributed by atoms with Gasteiger partial charge in [0.05, 0.1) is 18.3 Å². The number of ether oxygens (including phenoxy) is 1. The highest BCUT2D eigenvalue weighted by Crippen LogP contribution is 2.12. The molecule has 2 aromatic rings. The van der Waals surface area contributed by atoms with E-state index < -0.39 is 5.97 Å². The molecule has 0 saturated heterocycles. The Bertz CT molecular complexity index is 647. The van der Waals surface area contributed by atoms with E-state index in [1.165, 1.54) is 13.2 Å². The first kappa shape index (κ1) is 13.0. The minimum absolute atomic E-state index is 0.249. The summed E-state index contributed by atoms with van der Waals surface area (Å²) < 4.78 is 4.42. The molecule has 2 rings (SSSR count). The van der Waals surface area contributed by atoms with Crippen molar-refractivity contribution in [2.24, 2.45) is 0 Å². The molecule has 0 aliphatic heterocycles. The number of carbonyl (C=O) groups excluding carboxylic acids is 2. The van der Waals surface area contributed by atoms with Gasteiger partial charge in [0, 0.05) is 5.39 Å². The summed E-state index contributed by atoms with van der Waals surface area (Å²) in [6.45, 7) is 0. The van der Waals surface area contributed by atoms with Gasteiger partial charge in [0.25, 0.3) is 0 Å². The molecular weight excluding hydrogens is 242 g/mol. The first-order chi connectivity index (χ1) is 9.19. The number of benzene rings is 1. The minimum Gasteiger partial charge on any atom is -0.469 e. The molecule has 1 aromatic heterocycles. The quantitative estimate of drug-likeness (QED) is 0.478. The van der Waals surface area contributed by atoms with E-state index in [9.17, 15) is 9.59 Å². The number of aromatic nitrogens is 1.